The molecule has 1 fully saturated rings. The predicted octanol–water partition coefficient (Wildman–Crippen LogP) is 1.50. The van der Waals surface area contributed by atoms with E-state index in [0.29, 0.717) is 12.2 Å². The lowest BCUT2D eigenvalue weighted by atomic mass is 10.2. The highest BCUT2D eigenvalue weighted by Gasteiger charge is 2.31. The third kappa shape index (κ3) is 4.10. The molecule has 0 aromatic rings. The van der Waals surface area contributed by atoms with Gasteiger partial charge in [0.15, 0.2) is 5.41 Å². The maximum absolute atomic E-state index is 11.8. The number of rotatable bonds is 4. The molecule has 1 unspecified atom stereocenters. The van der Waals surface area contributed by atoms with Crippen molar-refractivity contribution in [3.8, 4) is 0 Å². The summed E-state index contributed by atoms with van der Waals surface area (Å²) in [6.07, 6.45) is 6.94. The Morgan fingerprint density at radius 3 is 2.88 bits per heavy atom. The molecular formula is C12H22O3Si. The van der Waals surface area contributed by atoms with E-state index in [1.165, 1.54) is 0 Å². The molecule has 0 saturated carbocycles. The van der Waals surface area contributed by atoms with Crippen molar-refractivity contribution >= 4 is 16.2 Å². The standard InChI is InChI=1S/C12H22O3Si/c1-3-4-7-10(2)11(13)15-12(16)8-5-6-9-14-12/h7H,3-6,8-9H2,1-2,16H3. The second-order valence-electron chi connectivity index (χ2n) is 4.50. The molecule has 0 aromatic carbocycles. The Hall–Kier alpha value is -0.613. The zero-order valence-corrected chi connectivity index (χ0v) is 12.5. The summed E-state index contributed by atoms with van der Waals surface area (Å²) >= 11 is 0. The van der Waals surface area contributed by atoms with Gasteiger partial charge >= 0.3 is 5.97 Å². The minimum atomic E-state index is -0.573. The van der Waals surface area contributed by atoms with Crippen LogP contribution in [0.25, 0.3) is 0 Å². The monoisotopic (exact) mass is 242 g/mol. The summed E-state index contributed by atoms with van der Waals surface area (Å²) in [4.78, 5) is 11.8. The largest absolute Gasteiger partial charge is 0.435 e. The van der Waals surface area contributed by atoms with Crippen LogP contribution in [0, 0.1) is 0 Å². The van der Waals surface area contributed by atoms with E-state index in [0.717, 1.165) is 42.3 Å². The molecule has 92 valence electrons. The van der Waals surface area contributed by atoms with Gasteiger partial charge < -0.3 is 9.47 Å². The van der Waals surface area contributed by atoms with Gasteiger partial charge in [0.25, 0.3) is 0 Å². The Kier molecular flexibility index (Phi) is 5.22. The van der Waals surface area contributed by atoms with Crippen LogP contribution in [0.15, 0.2) is 11.6 Å². The van der Waals surface area contributed by atoms with Crippen molar-refractivity contribution in [2.24, 2.45) is 0 Å². The molecule has 0 bridgehead atoms. The molecular weight excluding hydrogens is 220 g/mol. The predicted molar refractivity (Wildman–Crippen MR) is 67.2 cm³/mol. The molecule has 1 atom stereocenters. The van der Waals surface area contributed by atoms with E-state index in [2.05, 4.69) is 6.92 Å². The number of hydrogen-bond acceptors (Lipinski definition) is 3. The van der Waals surface area contributed by atoms with E-state index >= 15 is 0 Å². The second-order valence-corrected chi connectivity index (χ2v) is 6.03. The Balaban J connectivity index is 2.49. The van der Waals surface area contributed by atoms with Crippen LogP contribution in [0.4, 0.5) is 0 Å². The van der Waals surface area contributed by atoms with Crippen LogP contribution in [-0.2, 0) is 14.3 Å². The molecule has 1 aliphatic heterocycles. The molecule has 0 aromatic heterocycles. The molecule has 0 amide bonds. The van der Waals surface area contributed by atoms with E-state index in [1.807, 2.05) is 13.0 Å². The highest BCUT2D eigenvalue weighted by molar-refractivity contribution is 6.14. The fourth-order valence-corrected chi connectivity index (χ4v) is 2.45. The van der Waals surface area contributed by atoms with Crippen LogP contribution >= 0.6 is 0 Å². The number of ether oxygens (including phenoxy) is 2. The molecule has 4 heteroatoms. The molecule has 1 saturated heterocycles. The van der Waals surface area contributed by atoms with Crippen molar-refractivity contribution in [1.82, 2.24) is 0 Å². The molecule has 0 aliphatic carbocycles. The van der Waals surface area contributed by atoms with Crippen molar-refractivity contribution < 1.29 is 14.3 Å². The SMILES string of the molecule is CCCC=C(C)C(=O)OC1([SiH3])CCCCO1. The van der Waals surface area contributed by atoms with E-state index in [1.54, 1.807) is 0 Å². The summed E-state index contributed by atoms with van der Waals surface area (Å²) < 4.78 is 11.1. The van der Waals surface area contributed by atoms with Gasteiger partial charge in [0.2, 0.25) is 0 Å². The van der Waals surface area contributed by atoms with E-state index < -0.39 is 5.41 Å². The number of carbonyl (C=O) groups is 1. The van der Waals surface area contributed by atoms with Crippen LogP contribution in [0.2, 0.25) is 0 Å². The first-order valence-electron chi connectivity index (χ1n) is 6.11. The molecule has 1 heterocycles. The van der Waals surface area contributed by atoms with Gasteiger partial charge in [-0.1, -0.05) is 19.4 Å². The number of allylic oxidation sites excluding steroid dienone is 1. The van der Waals surface area contributed by atoms with E-state index in [-0.39, 0.29) is 5.97 Å². The first kappa shape index (κ1) is 13.5. The smallest absolute Gasteiger partial charge is 0.335 e. The molecule has 0 radical (unpaired) electrons. The van der Waals surface area contributed by atoms with Gasteiger partial charge in [-0.15, -0.1) is 0 Å². The van der Waals surface area contributed by atoms with Gasteiger partial charge in [-0.2, -0.15) is 0 Å². The van der Waals surface area contributed by atoms with Crippen molar-refractivity contribution in [2.75, 3.05) is 6.61 Å². The average Bonchev–Trinajstić information content (AvgIpc) is 2.26. The van der Waals surface area contributed by atoms with Gasteiger partial charge in [0.05, 0.1) is 16.8 Å². The quantitative estimate of drug-likeness (QED) is 0.426. The third-order valence-corrected chi connectivity index (χ3v) is 3.80. The Labute approximate surface area is 101 Å². The van der Waals surface area contributed by atoms with Crippen LogP contribution in [0.1, 0.15) is 46.0 Å². The van der Waals surface area contributed by atoms with Gasteiger partial charge in [-0.25, -0.2) is 4.79 Å². The molecule has 0 N–H and O–H groups in total. The first-order chi connectivity index (χ1) is 7.57. The zero-order chi connectivity index (χ0) is 12.0. The van der Waals surface area contributed by atoms with Gasteiger partial charge in [-0.3, -0.25) is 0 Å². The van der Waals surface area contributed by atoms with Crippen molar-refractivity contribution in [3.63, 3.8) is 0 Å². The van der Waals surface area contributed by atoms with E-state index in [9.17, 15) is 4.79 Å². The van der Waals surface area contributed by atoms with Crippen molar-refractivity contribution in [2.45, 2.75) is 51.4 Å². The van der Waals surface area contributed by atoms with Crippen LogP contribution in [-0.4, -0.2) is 28.2 Å². The summed E-state index contributed by atoms with van der Waals surface area (Å²) in [5, 5.41) is 0. The maximum Gasteiger partial charge on any atom is 0.335 e. The van der Waals surface area contributed by atoms with Crippen LogP contribution in [0.5, 0.6) is 0 Å². The molecule has 1 rings (SSSR count). The summed E-state index contributed by atoms with van der Waals surface area (Å²) in [5.41, 5.74) is 0.127. The topological polar surface area (TPSA) is 35.5 Å². The Morgan fingerprint density at radius 2 is 2.31 bits per heavy atom. The molecule has 16 heavy (non-hydrogen) atoms. The highest BCUT2D eigenvalue weighted by atomic mass is 28.1. The number of unbranched alkanes of at least 4 members (excludes halogenated alkanes) is 1. The zero-order valence-electron chi connectivity index (χ0n) is 10.5. The Bertz CT molecular complexity index is 267. The lowest BCUT2D eigenvalue weighted by Gasteiger charge is -2.33. The second kappa shape index (κ2) is 6.20. The molecule has 3 nitrogen and oxygen atoms in total. The Morgan fingerprint density at radius 1 is 1.56 bits per heavy atom. The van der Waals surface area contributed by atoms with E-state index in [4.69, 9.17) is 9.47 Å². The fourth-order valence-electron chi connectivity index (χ4n) is 1.71. The summed E-state index contributed by atoms with van der Waals surface area (Å²) in [7, 11) is 0.736. The normalized spacial score (nSPS) is 26.8. The third-order valence-electron chi connectivity index (χ3n) is 2.80. The first-order valence-corrected chi connectivity index (χ1v) is 7.11. The van der Waals surface area contributed by atoms with Crippen LogP contribution in [0.3, 0.4) is 0 Å². The number of esters is 1. The molecule has 1 aliphatic rings. The lowest BCUT2D eigenvalue weighted by molar-refractivity contribution is -0.202. The summed E-state index contributed by atoms with van der Waals surface area (Å²) in [6, 6.07) is 0. The summed E-state index contributed by atoms with van der Waals surface area (Å²) in [5.74, 6) is -0.217. The van der Waals surface area contributed by atoms with Crippen molar-refractivity contribution in [1.29, 1.82) is 0 Å². The number of hydrogen-bond donors (Lipinski definition) is 0. The van der Waals surface area contributed by atoms with Gasteiger partial charge in [-0.05, 0) is 26.2 Å². The minimum absolute atomic E-state index is 0.217. The highest BCUT2D eigenvalue weighted by Crippen LogP contribution is 2.24. The number of carbonyl (C=O) groups excluding carboxylic acids is 1. The maximum atomic E-state index is 11.8. The molecule has 0 spiro atoms. The van der Waals surface area contributed by atoms with Crippen molar-refractivity contribution in [3.05, 3.63) is 11.6 Å². The van der Waals surface area contributed by atoms with Gasteiger partial charge in [0, 0.05) is 12.0 Å². The van der Waals surface area contributed by atoms with Crippen LogP contribution < -0.4 is 0 Å². The lowest BCUT2D eigenvalue weighted by Crippen LogP contribution is -2.41. The summed E-state index contributed by atoms with van der Waals surface area (Å²) in [6.45, 7) is 4.62. The minimum Gasteiger partial charge on any atom is -0.435 e. The van der Waals surface area contributed by atoms with Gasteiger partial charge in [0.1, 0.15) is 0 Å². The average molecular weight is 242 g/mol. The fraction of sp³-hybridized carbons (Fsp3) is 0.750.